The van der Waals surface area contributed by atoms with Crippen molar-refractivity contribution in [2.75, 3.05) is 19.7 Å². The van der Waals surface area contributed by atoms with Crippen LogP contribution in [-0.4, -0.2) is 40.8 Å². The number of nitrogens with zero attached hydrogens (tertiary/aromatic N) is 1. The summed E-state index contributed by atoms with van der Waals surface area (Å²) in [6.07, 6.45) is 6.70. The molecule has 5 heteroatoms. The molecular formula is C27H33NO4. The van der Waals surface area contributed by atoms with Gasteiger partial charge in [0.05, 0.1) is 12.5 Å². The zero-order chi connectivity index (χ0) is 23.1. The largest absolute Gasteiger partial charge is 0.507 e. The smallest absolute Gasteiger partial charge is 0.310 e. The number of rotatable bonds is 9. The molecule has 2 N–H and O–H groups in total. The molecule has 0 bridgehead atoms. The summed E-state index contributed by atoms with van der Waals surface area (Å²) in [6, 6.07) is 9.30. The van der Waals surface area contributed by atoms with E-state index in [1.165, 1.54) is 0 Å². The van der Waals surface area contributed by atoms with E-state index < -0.39 is 0 Å². The fraction of sp³-hybridized carbons (Fsp3) is 0.370. The van der Waals surface area contributed by atoms with E-state index in [4.69, 9.17) is 4.74 Å². The minimum atomic E-state index is -0.147. The second-order valence-corrected chi connectivity index (χ2v) is 8.31. The molecule has 0 amide bonds. The number of aromatic hydroxyl groups is 2. The van der Waals surface area contributed by atoms with Crippen LogP contribution in [0.25, 0.3) is 11.1 Å². The monoisotopic (exact) mass is 435 g/mol. The van der Waals surface area contributed by atoms with Crippen LogP contribution in [0.4, 0.5) is 0 Å². The Bertz CT molecular complexity index is 982. The van der Waals surface area contributed by atoms with Crippen molar-refractivity contribution in [2.24, 2.45) is 5.92 Å². The van der Waals surface area contributed by atoms with Gasteiger partial charge in [0.25, 0.3) is 0 Å². The first-order valence-electron chi connectivity index (χ1n) is 11.2. The average Bonchev–Trinajstić information content (AvgIpc) is 2.78. The summed E-state index contributed by atoms with van der Waals surface area (Å²) in [5.41, 5.74) is 3.99. The van der Waals surface area contributed by atoms with Crippen molar-refractivity contribution in [3.63, 3.8) is 0 Å². The van der Waals surface area contributed by atoms with E-state index in [-0.39, 0.29) is 23.4 Å². The molecule has 0 aromatic heterocycles. The zero-order valence-electron chi connectivity index (χ0n) is 18.8. The third-order valence-corrected chi connectivity index (χ3v) is 5.88. The maximum atomic E-state index is 12.2. The molecule has 1 fully saturated rings. The summed E-state index contributed by atoms with van der Waals surface area (Å²) in [4.78, 5) is 14.4. The molecule has 0 aliphatic carbocycles. The van der Waals surface area contributed by atoms with Gasteiger partial charge < -0.3 is 14.9 Å². The summed E-state index contributed by atoms with van der Waals surface area (Å²) in [5, 5.41) is 21.7. The van der Waals surface area contributed by atoms with Crippen molar-refractivity contribution < 1.29 is 19.7 Å². The number of carbonyl (C=O) groups excluding carboxylic acids is 1. The first-order valence-corrected chi connectivity index (χ1v) is 11.2. The van der Waals surface area contributed by atoms with Crippen molar-refractivity contribution in [1.82, 2.24) is 4.90 Å². The lowest BCUT2D eigenvalue weighted by Crippen LogP contribution is -2.39. The molecule has 1 heterocycles. The number of phenols is 2. The normalized spacial score (nSPS) is 16.5. The van der Waals surface area contributed by atoms with Crippen LogP contribution in [0.2, 0.25) is 0 Å². The zero-order valence-corrected chi connectivity index (χ0v) is 18.8. The van der Waals surface area contributed by atoms with E-state index >= 15 is 0 Å². The highest BCUT2D eigenvalue weighted by atomic mass is 16.5. The molecule has 5 nitrogen and oxygen atoms in total. The number of piperidine rings is 1. The molecule has 1 unspecified atom stereocenters. The Morgan fingerprint density at radius 3 is 2.56 bits per heavy atom. The topological polar surface area (TPSA) is 70.0 Å². The van der Waals surface area contributed by atoms with Gasteiger partial charge >= 0.3 is 5.97 Å². The molecule has 0 radical (unpaired) electrons. The summed E-state index contributed by atoms with van der Waals surface area (Å²) >= 11 is 0. The van der Waals surface area contributed by atoms with Crippen LogP contribution in [0.15, 0.2) is 55.6 Å². The third-order valence-electron chi connectivity index (χ3n) is 5.88. The fourth-order valence-electron chi connectivity index (χ4n) is 4.36. The molecule has 1 aliphatic heterocycles. The van der Waals surface area contributed by atoms with Crippen LogP contribution in [0.3, 0.4) is 0 Å². The van der Waals surface area contributed by atoms with Crippen molar-refractivity contribution >= 4 is 5.97 Å². The van der Waals surface area contributed by atoms with Gasteiger partial charge in [-0.3, -0.25) is 9.69 Å². The highest BCUT2D eigenvalue weighted by Crippen LogP contribution is 2.40. The predicted octanol–water partition coefficient (Wildman–Crippen LogP) is 5.00. The number of carbonyl (C=O) groups is 1. The molecule has 2 aromatic rings. The average molecular weight is 436 g/mol. The van der Waals surface area contributed by atoms with Crippen LogP contribution in [-0.2, 0) is 28.9 Å². The van der Waals surface area contributed by atoms with E-state index in [0.717, 1.165) is 36.1 Å². The molecule has 32 heavy (non-hydrogen) atoms. The Balaban J connectivity index is 1.94. The Hall–Kier alpha value is -3.05. The standard InChI is InChI=1S/C27H33NO4/c1-4-8-19-11-12-25(29)23(15-19)24-16-20(9-5-2)14-22(26(24)30)18-28-13-7-10-21(17-28)27(31)32-6-3/h4-5,11-12,14-16,21,29-30H,1-2,6-10,13,17-18H2,3H3. The fourth-order valence-corrected chi connectivity index (χ4v) is 4.36. The van der Waals surface area contributed by atoms with Gasteiger partial charge in [-0.1, -0.05) is 24.3 Å². The van der Waals surface area contributed by atoms with Gasteiger partial charge in [0.15, 0.2) is 0 Å². The van der Waals surface area contributed by atoms with Crippen LogP contribution in [0, 0.1) is 5.92 Å². The second kappa shape index (κ2) is 11.0. The maximum absolute atomic E-state index is 12.2. The number of allylic oxidation sites excluding steroid dienone is 2. The molecule has 1 saturated heterocycles. The number of hydrogen-bond acceptors (Lipinski definition) is 5. The van der Waals surface area contributed by atoms with Crippen molar-refractivity contribution in [2.45, 2.75) is 39.2 Å². The molecule has 3 rings (SSSR count). The molecule has 0 spiro atoms. The number of ether oxygens (including phenoxy) is 1. The Labute approximate surface area is 190 Å². The number of esters is 1. The second-order valence-electron chi connectivity index (χ2n) is 8.31. The molecule has 170 valence electrons. The van der Waals surface area contributed by atoms with E-state index in [0.29, 0.717) is 43.7 Å². The van der Waals surface area contributed by atoms with Crippen molar-refractivity contribution in [3.05, 3.63) is 72.3 Å². The Kier molecular flexibility index (Phi) is 8.12. The van der Waals surface area contributed by atoms with Crippen LogP contribution >= 0.6 is 0 Å². The number of likely N-dealkylation sites (tertiary alicyclic amines) is 1. The molecule has 1 atom stereocenters. The predicted molar refractivity (Wildman–Crippen MR) is 128 cm³/mol. The maximum Gasteiger partial charge on any atom is 0.310 e. The van der Waals surface area contributed by atoms with Gasteiger partial charge in [0.1, 0.15) is 11.5 Å². The van der Waals surface area contributed by atoms with Gasteiger partial charge in [-0.15, -0.1) is 13.2 Å². The Morgan fingerprint density at radius 1 is 1.12 bits per heavy atom. The minimum absolute atomic E-state index is 0.121. The molecular weight excluding hydrogens is 402 g/mol. The van der Waals surface area contributed by atoms with Crippen molar-refractivity contribution in [3.8, 4) is 22.6 Å². The summed E-state index contributed by atoms with van der Waals surface area (Å²) in [5.74, 6) is -0.00920. The summed E-state index contributed by atoms with van der Waals surface area (Å²) in [7, 11) is 0. The van der Waals surface area contributed by atoms with E-state index in [9.17, 15) is 15.0 Å². The van der Waals surface area contributed by atoms with E-state index in [2.05, 4.69) is 18.1 Å². The number of hydrogen-bond donors (Lipinski definition) is 2. The summed E-state index contributed by atoms with van der Waals surface area (Å²) < 4.78 is 5.21. The number of phenolic OH excluding ortho intramolecular Hbond substituents is 2. The lowest BCUT2D eigenvalue weighted by molar-refractivity contribution is -0.150. The lowest BCUT2D eigenvalue weighted by Gasteiger charge is -2.32. The minimum Gasteiger partial charge on any atom is -0.507 e. The van der Waals surface area contributed by atoms with Gasteiger partial charge in [-0.25, -0.2) is 0 Å². The highest BCUT2D eigenvalue weighted by Gasteiger charge is 2.27. The molecule has 1 aliphatic rings. The van der Waals surface area contributed by atoms with Gasteiger partial charge in [0.2, 0.25) is 0 Å². The van der Waals surface area contributed by atoms with E-state index in [1.807, 2.05) is 43.3 Å². The van der Waals surface area contributed by atoms with Gasteiger partial charge in [0, 0.05) is 29.8 Å². The SMILES string of the molecule is C=CCc1ccc(O)c(-c2cc(CC=C)cc(CN3CCCC(C(=O)OCC)C3)c2O)c1. The molecule has 0 saturated carbocycles. The van der Waals surface area contributed by atoms with Crippen molar-refractivity contribution in [1.29, 1.82) is 0 Å². The highest BCUT2D eigenvalue weighted by molar-refractivity contribution is 5.78. The molecule has 2 aromatic carbocycles. The van der Waals surface area contributed by atoms with Crippen LogP contribution in [0.5, 0.6) is 11.5 Å². The van der Waals surface area contributed by atoms with Gasteiger partial charge in [-0.2, -0.15) is 0 Å². The first kappa shape index (κ1) is 23.6. The van der Waals surface area contributed by atoms with E-state index in [1.54, 1.807) is 6.07 Å². The lowest BCUT2D eigenvalue weighted by atomic mass is 9.93. The Morgan fingerprint density at radius 2 is 1.84 bits per heavy atom. The summed E-state index contributed by atoms with van der Waals surface area (Å²) in [6.45, 7) is 11.8. The quantitative estimate of drug-likeness (QED) is 0.429. The first-order chi connectivity index (χ1) is 15.5. The number of benzene rings is 2. The third kappa shape index (κ3) is 5.60. The van der Waals surface area contributed by atoms with Gasteiger partial charge in [-0.05, 0) is 68.5 Å². The van der Waals surface area contributed by atoms with Crippen LogP contribution < -0.4 is 0 Å². The van der Waals surface area contributed by atoms with Crippen LogP contribution in [0.1, 0.15) is 36.5 Å².